The summed E-state index contributed by atoms with van der Waals surface area (Å²) < 4.78 is 0. The highest BCUT2D eigenvalue weighted by Gasteiger charge is 2.47. The topological polar surface area (TPSA) is 58.2 Å². The predicted molar refractivity (Wildman–Crippen MR) is 60.5 cm³/mol. The van der Waals surface area contributed by atoms with Gasteiger partial charge in [-0.25, -0.2) is 0 Å². The molecule has 16 heavy (non-hydrogen) atoms. The molecule has 0 aliphatic heterocycles. The minimum absolute atomic E-state index is 0.00681. The van der Waals surface area contributed by atoms with Gasteiger partial charge in [0, 0.05) is 14.1 Å². The van der Waals surface area contributed by atoms with Gasteiger partial charge in [-0.15, -0.1) is 0 Å². The molecule has 2 amide bonds. The zero-order valence-corrected chi connectivity index (χ0v) is 9.69. The van der Waals surface area contributed by atoms with Crippen LogP contribution in [0.1, 0.15) is 12.8 Å². The van der Waals surface area contributed by atoms with E-state index in [1.807, 2.05) is 0 Å². The Balaban J connectivity index is 2.29. The lowest BCUT2D eigenvalue weighted by molar-refractivity contribution is -0.140. The van der Waals surface area contributed by atoms with Crippen LogP contribution in [0.3, 0.4) is 0 Å². The first-order valence-corrected chi connectivity index (χ1v) is 5.80. The van der Waals surface area contributed by atoms with Crippen LogP contribution in [0, 0.1) is 23.7 Å². The van der Waals surface area contributed by atoms with Crippen molar-refractivity contribution in [1.82, 2.24) is 10.6 Å². The van der Waals surface area contributed by atoms with E-state index in [9.17, 15) is 9.59 Å². The van der Waals surface area contributed by atoms with Crippen LogP contribution in [0.4, 0.5) is 0 Å². The minimum atomic E-state index is -0.186. The summed E-state index contributed by atoms with van der Waals surface area (Å²) >= 11 is 0. The first-order valence-electron chi connectivity index (χ1n) is 5.80. The highest BCUT2D eigenvalue weighted by atomic mass is 16.2. The highest BCUT2D eigenvalue weighted by Crippen LogP contribution is 2.44. The molecule has 3 aliphatic carbocycles. The molecule has 0 aromatic carbocycles. The van der Waals surface area contributed by atoms with E-state index in [0.717, 1.165) is 12.8 Å². The fourth-order valence-electron chi connectivity index (χ4n) is 3.04. The lowest BCUT2D eigenvalue weighted by Crippen LogP contribution is -2.50. The van der Waals surface area contributed by atoms with Crippen LogP contribution in [0.15, 0.2) is 12.2 Å². The molecule has 0 saturated heterocycles. The number of allylic oxidation sites excluding steroid dienone is 2. The molecular formula is C12H18N2O2. The Morgan fingerprint density at radius 3 is 1.56 bits per heavy atom. The van der Waals surface area contributed by atoms with Crippen LogP contribution in [-0.4, -0.2) is 25.9 Å². The maximum absolute atomic E-state index is 11.9. The lowest BCUT2D eigenvalue weighted by atomic mass is 9.61. The number of amides is 2. The van der Waals surface area contributed by atoms with Crippen LogP contribution in [0.25, 0.3) is 0 Å². The van der Waals surface area contributed by atoms with E-state index in [1.165, 1.54) is 0 Å². The Labute approximate surface area is 95.5 Å². The summed E-state index contributed by atoms with van der Waals surface area (Å²) in [5, 5.41) is 5.35. The van der Waals surface area contributed by atoms with Gasteiger partial charge >= 0.3 is 0 Å². The second kappa shape index (κ2) is 4.28. The van der Waals surface area contributed by atoms with Gasteiger partial charge in [0.05, 0.1) is 11.8 Å². The third kappa shape index (κ3) is 1.62. The molecular weight excluding hydrogens is 204 g/mol. The summed E-state index contributed by atoms with van der Waals surface area (Å²) in [4.78, 5) is 23.7. The molecule has 0 heterocycles. The first-order chi connectivity index (χ1) is 7.69. The molecule has 0 aromatic rings. The van der Waals surface area contributed by atoms with Gasteiger partial charge in [-0.3, -0.25) is 9.59 Å². The van der Waals surface area contributed by atoms with Gasteiger partial charge in [-0.1, -0.05) is 12.2 Å². The summed E-state index contributed by atoms with van der Waals surface area (Å²) in [7, 11) is 3.27. The van der Waals surface area contributed by atoms with E-state index < -0.39 is 0 Å². The second-order valence-corrected chi connectivity index (χ2v) is 4.57. The van der Waals surface area contributed by atoms with Gasteiger partial charge in [-0.2, -0.15) is 0 Å². The van der Waals surface area contributed by atoms with Crippen molar-refractivity contribution in [2.24, 2.45) is 23.7 Å². The SMILES string of the molecule is CNC(=O)[C@@H]1[C@@H](C(=O)NC)[C@H]2C=C[C@@H]1CC2. The molecule has 2 bridgehead atoms. The van der Waals surface area contributed by atoms with Crippen LogP contribution in [0.2, 0.25) is 0 Å². The first kappa shape index (κ1) is 11.2. The van der Waals surface area contributed by atoms with Crippen LogP contribution >= 0.6 is 0 Å². The average Bonchev–Trinajstić information content (AvgIpc) is 2.37. The second-order valence-electron chi connectivity index (χ2n) is 4.57. The van der Waals surface area contributed by atoms with Crippen LogP contribution in [-0.2, 0) is 9.59 Å². The standard InChI is InChI=1S/C12H18N2O2/c1-13-11(15)9-7-3-5-8(6-4-7)10(9)12(16)14-2/h3,5,7-10H,4,6H2,1-2H3,(H,13,15)(H,14,16)/t7-,8+,9-,10-/m0/s1. The fourth-order valence-corrected chi connectivity index (χ4v) is 3.04. The van der Waals surface area contributed by atoms with Crippen LogP contribution < -0.4 is 10.6 Å². The number of hydrogen-bond acceptors (Lipinski definition) is 2. The molecule has 3 rings (SSSR count). The monoisotopic (exact) mass is 222 g/mol. The molecule has 3 aliphatic rings. The van der Waals surface area contributed by atoms with E-state index >= 15 is 0 Å². The smallest absolute Gasteiger partial charge is 0.224 e. The van der Waals surface area contributed by atoms with Gasteiger partial charge in [0.25, 0.3) is 0 Å². The summed E-state index contributed by atoms with van der Waals surface area (Å²) in [5.74, 6) is 0.0715. The molecule has 1 saturated carbocycles. The van der Waals surface area contributed by atoms with E-state index in [-0.39, 0.29) is 35.5 Å². The Morgan fingerprint density at radius 2 is 1.31 bits per heavy atom. The average molecular weight is 222 g/mol. The van der Waals surface area contributed by atoms with Gasteiger partial charge < -0.3 is 10.6 Å². The number of carbonyl (C=O) groups is 2. The van der Waals surface area contributed by atoms with Crippen molar-refractivity contribution in [2.45, 2.75) is 12.8 Å². The Hall–Kier alpha value is -1.32. The van der Waals surface area contributed by atoms with Crippen molar-refractivity contribution in [3.8, 4) is 0 Å². The molecule has 0 unspecified atom stereocenters. The van der Waals surface area contributed by atoms with Crippen molar-refractivity contribution in [3.63, 3.8) is 0 Å². The molecule has 2 N–H and O–H groups in total. The Kier molecular flexibility index (Phi) is 2.99. The van der Waals surface area contributed by atoms with Gasteiger partial charge in [-0.05, 0) is 24.7 Å². The third-order valence-corrected chi connectivity index (χ3v) is 3.85. The molecule has 88 valence electrons. The third-order valence-electron chi connectivity index (χ3n) is 3.85. The molecule has 0 spiro atoms. The van der Waals surface area contributed by atoms with Crippen LogP contribution in [0.5, 0.6) is 0 Å². The van der Waals surface area contributed by atoms with Crippen molar-refractivity contribution in [3.05, 3.63) is 12.2 Å². The largest absolute Gasteiger partial charge is 0.359 e. The molecule has 4 atom stereocenters. The number of nitrogens with one attached hydrogen (secondary N) is 2. The lowest BCUT2D eigenvalue weighted by Gasteiger charge is -2.42. The summed E-state index contributed by atoms with van der Waals surface area (Å²) in [6, 6.07) is 0. The number of fused-ring (bicyclic) bond motifs is 2. The molecule has 1 fully saturated rings. The van der Waals surface area contributed by atoms with Gasteiger partial charge in [0.15, 0.2) is 0 Å². The zero-order chi connectivity index (χ0) is 11.7. The Morgan fingerprint density at radius 1 is 0.938 bits per heavy atom. The maximum atomic E-state index is 11.9. The number of hydrogen-bond donors (Lipinski definition) is 2. The van der Waals surface area contributed by atoms with E-state index in [1.54, 1.807) is 14.1 Å². The zero-order valence-electron chi connectivity index (χ0n) is 9.69. The Bertz CT molecular complexity index is 306. The fraction of sp³-hybridized carbons (Fsp3) is 0.667. The molecule has 4 heteroatoms. The maximum Gasteiger partial charge on any atom is 0.224 e. The van der Waals surface area contributed by atoms with Crippen molar-refractivity contribution < 1.29 is 9.59 Å². The molecule has 0 aromatic heterocycles. The quantitative estimate of drug-likeness (QED) is 0.660. The van der Waals surface area contributed by atoms with E-state index in [0.29, 0.717) is 0 Å². The predicted octanol–water partition coefficient (Wildman–Crippen LogP) is 0.307. The molecule has 0 radical (unpaired) electrons. The summed E-state index contributed by atoms with van der Waals surface area (Å²) in [6.07, 6.45) is 6.25. The molecule has 4 nitrogen and oxygen atoms in total. The van der Waals surface area contributed by atoms with Crippen molar-refractivity contribution in [2.75, 3.05) is 14.1 Å². The minimum Gasteiger partial charge on any atom is -0.359 e. The summed E-state index contributed by atoms with van der Waals surface area (Å²) in [6.45, 7) is 0. The van der Waals surface area contributed by atoms with Gasteiger partial charge in [0.2, 0.25) is 11.8 Å². The summed E-state index contributed by atoms with van der Waals surface area (Å²) in [5.41, 5.74) is 0. The van der Waals surface area contributed by atoms with E-state index in [2.05, 4.69) is 22.8 Å². The van der Waals surface area contributed by atoms with E-state index in [4.69, 9.17) is 0 Å². The van der Waals surface area contributed by atoms with Gasteiger partial charge in [0.1, 0.15) is 0 Å². The van der Waals surface area contributed by atoms with Crippen molar-refractivity contribution in [1.29, 1.82) is 0 Å². The number of rotatable bonds is 2. The van der Waals surface area contributed by atoms with Crippen molar-refractivity contribution >= 4 is 11.8 Å². The highest BCUT2D eigenvalue weighted by molar-refractivity contribution is 5.88. The normalized spacial score (nSPS) is 35.9. The number of carbonyl (C=O) groups excluding carboxylic acids is 2.